The Bertz CT molecular complexity index is 660. The molecular weight excluding hydrogens is 280 g/mol. The number of ether oxygens (including phenoxy) is 2. The molecular formula is C14H15F2N3O2. The number of anilines is 1. The maximum absolute atomic E-state index is 12.6. The fraction of sp³-hybridized carbons (Fsp3) is 0.429. The Balaban J connectivity index is 2.00. The van der Waals surface area contributed by atoms with E-state index in [0.717, 1.165) is 5.39 Å². The van der Waals surface area contributed by atoms with Crippen LogP contribution in [0.3, 0.4) is 0 Å². The fourth-order valence-electron chi connectivity index (χ4n) is 2.47. The number of halogens is 2. The minimum Gasteiger partial charge on any atom is -0.493 e. The summed E-state index contributed by atoms with van der Waals surface area (Å²) in [5, 5.41) is 0.767. The van der Waals surface area contributed by atoms with E-state index >= 15 is 0 Å². The molecule has 2 heterocycles. The number of fused-ring (bicyclic) bond motifs is 1. The first-order valence-corrected chi connectivity index (χ1v) is 6.54. The van der Waals surface area contributed by atoms with Gasteiger partial charge in [-0.2, -0.15) is 0 Å². The number of benzene rings is 1. The molecule has 0 atom stereocenters. The van der Waals surface area contributed by atoms with Crippen molar-refractivity contribution in [3.63, 3.8) is 0 Å². The van der Waals surface area contributed by atoms with Crippen LogP contribution in [0.5, 0.6) is 11.5 Å². The Morgan fingerprint density at radius 3 is 2.43 bits per heavy atom. The molecule has 1 aliphatic rings. The summed E-state index contributed by atoms with van der Waals surface area (Å²) in [6.07, 6.45) is -0.858. The molecule has 0 unspecified atom stereocenters. The molecule has 0 radical (unpaired) electrons. The first kappa shape index (κ1) is 13.8. The molecule has 5 nitrogen and oxygen atoms in total. The van der Waals surface area contributed by atoms with Gasteiger partial charge in [0.05, 0.1) is 25.7 Å². The molecule has 1 fully saturated rings. The molecule has 1 saturated heterocycles. The highest BCUT2D eigenvalue weighted by molar-refractivity contribution is 5.92. The van der Waals surface area contributed by atoms with Crippen molar-refractivity contribution in [1.82, 2.24) is 9.97 Å². The number of alkyl halides is 2. The number of hydrogen-bond acceptors (Lipinski definition) is 5. The molecule has 0 aliphatic carbocycles. The number of aromatic nitrogens is 2. The summed E-state index contributed by atoms with van der Waals surface area (Å²) in [5.74, 6) is 1.20. The summed E-state index contributed by atoms with van der Waals surface area (Å²) in [4.78, 5) is 10.3. The molecule has 0 bridgehead atoms. The Hall–Kier alpha value is -2.18. The third-order valence-corrected chi connectivity index (χ3v) is 3.69. The maximum Gasteiger partial charge on any atom is 0.244 e. The molecule has 0 amide bonds. The maximum atomic E-state index is 12.6. The van der Waals surface area contributed by atoms with E-state index in [9.17, 15) is 8.78 Å². The normalized spacial score (nSPS) is 15.4. The van der Waals surface area contributed by atoms with Crippen LogP contribution in [0.25, 0.3) is 10.9 Å². The van der Waals surface area contributed by atoms with Crippen LogP contribution in [0, 0.1) is 5.92 Å². The van der Waals surface area contributed by atoms with Gasteiger partial charge in [-0.3, -0.25) is 0 Å². The van der Waals surface area contributed by atoms with Crippen LogP contribution in [0.2, 0.25) is 0 Å². The Labute approximate surface area is 120 Å². The van der Waals surface area contributed by atoms with Gasteiger partial charge in [-0.05, 0) is 6.07 Å². The molecule has 7 heteroatoms. The third-order valence-electron chi connectivity index (χ3n) is 3.69. The van der Waals surface area contributed by atoms with Gasteiger partial charge < -0.3 is 14.4 Å². The summed E-state index contributed by atoms with van der Waals surface area (Å²) >= 11 is 0. The number of nitrogens with zero attached hydrogens (tertiary/aromatic N) is 3. The zero-order valence-electron chi connectivity index (χ0n) is 11.7. The molecule has 1 aromatic carbocycles. The molecule has 21 heavy (non-hydrogen) atoms. The van der Waals surface area contributed by atoms with Crippen molar-refractivity contribution < 1.29 is 18.3 Å². The van der Waals surface area contributed by atoms with Gasteiger partial charge in [-0.25, -0.2) is 18.7 Å². The molecule has 112 valence electrons. The second-order valence-electron chi connectivity index (χ2n) is 4.92. The van der Waals surface area contributed by atoms with E-state index < -0.39 is 12.3 Å². The minimum atomic E-state index is -2.29. The fourth-order valence-corrected chi connectivity index (χ4v) is 2.47. The van der Waals surface area contributed by atoms with Gasteiger partial charge in [0, 0.05) is 24.5 Å². The first-order chi connectivity index (χ1) is 10.1. The van der Waals surface area contributed by atoms with E-state index in [1.54, 1.807) is 26.4 Å². The van der Waals surface area contributed by atoms with Gasteiger partial charge >= 0.3 is 0 Å². The van der Waals surface area contributed by atoms with Crippen molar-refractivity contribution in [2.24, 2.45) is 5.92 Å². The van der Waals surface area contributed by atoms with E-state index in [1.165, 1.54) is 6.33 Å². The van der Waals surface area contributed by atoms with Crippen molar-refractivity contribution in [3.8, 4) is 11.5 Å². The summed E-state index contributed by atoms with van der Waals surface area (Å²) in [6.45, 7) is 0.607. The van der Waals surface area contributed by atoms with E-state index in [-0.39, 0.29) is 0 Å². The van der Waals surface area contributed by atoms with Gasteiger partial charge in [0.2, 0.25) is 6.43 Å². The number of methoxy groups -OCH3 is 2. The lowest BCUT2D eigenvalue weighted by Gasteiger charge is -2.39. The zero-order chi connectivity index (χ0) is 15.0. The lowest BCUT2D eigenvalue weighted by atomic mass is 10.0. The van der Waals surface area contributed by atoms with Gasteiger partial charge in [-0.1, -0.05) is 0 Å². The van der Waals surface area contributed by atoms with E-state index in [2.05, 4.69) is 9.97 Å². The van der Waals surface area contributed by atoms with Crippen LogP contribution in [-0.2, 0) is 0 Å². The largest absolute Gasteiger partial charge is 0.493 e. The molecule has 3 rings (SSSR count). The lowest BCUT2D eigenvalue weighted by Crippen LogP contribution is -2.50. The highest BCUT2D eigenvalue weighted by atomic mass is 19.3. The SMILES string of the molecule is COc1cc2ncnc(N3CC(C(F)F)C3)c2cc1OC. The number of hydrogen-bond donors (Lipinski definition) is 0. The quantitative estimate of drug-likeness (QED) is 0.866. The smallest absolute Gasteiger partial charge is 0.244 e. The molecule has 0 spiro atoms. The van der Waals surface area contributed by atoms with Gasteiger partial charge in [0.1, 0.15) is 12.1 Å². The molecule has 2 aromatic rings. The molecule has 1 aliphatic heterocycles. The third kappa shape index (κ3) is 2.32. The Kier molecular flexibility index (Phi) is 3.48. The predicted molar refractivity (Wildman–Crippen MR) is 74.3 cm³/mol. The van der Waals surface area contributed by atoms with Crippen molar-refractivity contribution in [2.75, 3.05) is 32.2 Å². The van der Waals surface area contributed by atoms with Crippen LogP contribution in [0.15, 0.2) is 18.5 Å². The summed E-state index contributed by atoms with van der Waals surface area (Å²) in [5.41, 5.74) is 0.693. The first-order valence-electron chi connectivity index (χ1n) is 6.54. The topological polar surface area (TPSA) is 47.5 Å². The second kappa shape index (κ2) is 5.31. The van der Waals surface area contributed by atoms with Gasteiger partial charge in [0.25, 0.3) is 0 Å². The van der Waals surface area contributed by atoms with E-state index in [1.807, 2.05) is 4.90 Å². The average Bonchev–Trinajstić information content (AvgIpc) is 2.44. The highest BCUT2D eigenvalue weighted by Gasteiger charge is 2.35. The summed E-state index contributed by atoms with van der Waals surface area (Å²) < 4.78 is 35.7. The summed E-state index contributed by atoms with van der Waals surface area (Å²) in [7, 11) is 3.10. The Morgan fingerprint density at radius 1 is 1.14 bits per heavy atom. The van der Waals surface area contributed by atoms with Crippen molar-refractivity contribution in [2.45, 2.75) is 6.43 Å². The second-order valence-corrected chi connectivity index (χ2v) is 4.92. The standard InChI is InChI=1S/C14H15F2N3O2/c1-20-11-3-9-10(4-12(11)21-2)17-7-18-14(9)19-5-8(6-19)13(15)16/h3-4,7-8,13H,5-6H2,1-2H3. The van der Waals surface area contributed by atoms with Crippen LogP contribution in [-0.4, -0.2) is 43.7 Å². The van der Waals surface area contributed by atoms with Crippen LogP contribution in [0.4, 0.5) is 14.6 Å². The van der Waals surface area contributed by atoms with Gasteiger partial charge in [0.15, 0.2) is 11.5 Å². The number of rotatable bonds is 4. The predicted octanol–water partition coefficient (Wildman–Crippen LogP) is 2.35. The Morgan fingerprint density at radius 2 is 1.81 bits per heavy atom. The zero-order valence-corrected chi connectivity index (χ0v) is 11.7. The molecule has 0 N–H and O–H groups in total. The van der Waals surface area contributed by atoms with Gasteiger partial charge in [-0.15, -0.1) is 0 Å². The molecule has 0 saturated carbocycles. The lowest BCUT2D eigenvalue weighted by molar-refractivity contribution is 0.0612. The van der Waals surface area contributed by atoms with E-state index in [0.29, 0.717) is 35.9 Å². The van der Waals surface area contributed by atoms with Crippen LogP contribution >= 0.6 is 0 Å². The minimum absolute atomic E-state index is 0.304. The monoisotopic (exact) mass is 295 g/mol. The van der Waals surface area contributed by atoms with Crippen molar-refractivity contribution >= 4 is 16.7 Å². The van der Waals surface area contributed by atoms with E-state index in [4.69, 9.17) is 9.47 Å². The molecule has 1 aromatic heterocycles. The summed E-state index contributed by atoms with van der Waals surface area (Å²) in [6, 6.07) is 3.53. The van der Waals surface area contributed by atoms with Crippen molar-refractivity contribution in [1.29, 1.82) is 0 Å². The average molecular weight is 295 g/mol. The van der Waals surface area contributed by atoms with Crippen LogP contribution < -0.4 is 14.4 Å². The highest BCUT2D eigenvalue weighted by Crippen LogP contribution is 2.37. The van der Waals surface area contributed by atoms with Crippen molar-refractivity contribution in [3.05, 3.63) is 18.5 Å². The van der Waals surface area contributed by atoms with Crippen LogP contribution in [0.1, 0.15) is 0 Å².